The van der Waals surface area contributed by atoms with Crippen molar-refractivity contribution in [3.63, 3.8) is 0 Å². The van der Waals surface area contributed by atoms with Gasteiger partial charge in [-0.2, -0.15) is 0 Å². The predicted octanol–water partition coefficient (Wildman–Crippen LogP) is -1.22. The molecule has 35 valence electrons. The standard InChI is InChI=1S/C2H7N2.Ni/c3-1-2-4;/h1H,2-4H2;. The van der Waals surface area contributed by atoms with E-state index in [1.54, 1.807) is 0 Å². The van der Waals surface area contributed by atoms with Gasteiger partial charge in [-0.1, -0.05) is 0 Å². The molecule has 0 rings (SSSR count). The molecule has 0 saturated carbocycles. The summed E-state index contributed by atoms with van der Waals surface area (Å²) >= 11 is 4.18. The van der Waals surface area contributed by atoms with Crippen molar-refractivity contribution in [2.75, 3.05) is 6.54 Å². The summed E-state index contributed by atoms with van der Waals surface area (Å²) in [6.07, 6.45) is 0. The molecule has 4 N–H and O–H groups in total. The SMILES string of the molecule is NC[CH](N)[Ni]. The summed E-state index contributed by atoms with van der Waals surface area (Å²) in [6, 6.07) is 0. The molecule has 0 aliphatic rings. The third-order valence-electron chi connectivity index (χ3n) is 0.211. The molecule has 0 amide bonds. The average Bonchev–Trinajstić information content (AvgIpc) is 1.38. The van der Waals surface area contributed by atoms with Crippen LogP contribution in [0.2, 0.25) is 0 Å². The van der Waals surface area contributed by atoms with Gasteiger partial charge >= 0.3 is 38.5 Å². The van der Waals surface area contributed by atoms with Gasteiger partial charge in [0.1, 0.15) is 0 Å². The van der Waals surface area contributed by atoms with E-state index < -0.39 is 0 Å². The van der Waals surface area contributed by atoms with Crippen LogP contribution in [-0.2, 0) is 15.5 Å². The van der Waals surface area contributed by atoms with Crippen molar-refractivity contribution in [1.82, 2.24) is 0 Å². The molecule has 5 heavy (non-hydrogen) atoms. The Morgan fingerprint density at radius 2 is 2.00 bits per heavy atom. The van der Waals surface area contributed by atoms with Crippen LogP contribution in [-0.4, -0.2) is 11.6 Å². The van der Waals surface area contributed by atoms with Crippen LogP contribution in [0.3, 0.4) is 0 Å². The van der Waals surface area contributed by atoms with Gasteiger partial charge in [0.25, 0.3) is 0 Å². The Labute approximate surface area is 39.3 Å². The summed E-state index contributed by atoms with van der Waals surface area (Å²) in [4.78, 5) is 0. The van der Waals surface area contributed by atoms with Gasteiger partial charge in [0.2, 0.25) is 0 Å². The fraction of sp³-hybridized carbons (Fsp3) is 1.00. The maximum absolute atomic E-state index is 5.00. The molecular formula is C2H7N2Ni. The Morgan fingerprint density at radius 1 is 1.80 bits per heavy atom. The number of hydrogen-bond acceptors (Lipinski definition) is 2. The Balaban J connectivity index is 2.54. The van der Waals surface area contributed by atoms with Crippen LogP contribution in [0.4, 0.5) is 0 Å². The summed E-state index contributed by atoms with van der Waals surface area (Å²) in [5.74, 6) is 0. The van der Waals surface area contributed by atoms with Gasteiger partial charge in [0.15, 0.2) is 0 Å². The molecule has 0 radical (unpaired) electrons. The summed E-state index contributed by atoms with van der Waals surface area (Å²) in [5.41, 5.74) is 9.95. The summed E-state index contributed by atoms with van der Waals surface area (Å²) in [6.45, 7) is 0.417. The fourth-order valence-corrected chi connectivity index (χ4v) is 0. The topological polar surface area (TPSA) is 52.0 Å². The zero-order chi connectivity index (χ0) is 4.28. The Morgan fingerprint density at radius 3 is 2.00 bits per heavy atom. The van der Waals surface area contributed by atoms with E-state index in [-0.39, 0.29) is 5.01 Å². The Hall–Kier alpha value is 0.414. The van der Waals surface area contributed by atoms with Gasteiger partial charge in [0, 0.05) is 0 Å². The number of rotatable bonds is 1. The first-order valence-electron chi connectivity index (χ1n) is 1.33. The van der Waals surface area contributed by atoms with E-state index in [0.717, 1.165) is 0 Å². The molecule has 0 spiro atoms. The monoisotopic (exact) mass is 117 g/mol. The second kappa shape index (κ2) is 2.64. The Kier molecular flexibility index (Phi) is 2.86. The van der Waals surface area contributed by atoms with E-state index in [1.165, 1.54) is 0 Å². The van der Waals surface area contributed by atoms with Crippen molar-refractivity contribution < 1.29 is 15.5 Å². The molecule has 0 bridgehead atoms. The van der Waals surface area contributed by atoms with E-state index in [9.17, 15) is 0 Å². The van der Waals surface area contributed by atoms with Gasteiger partial charge in [-0.05, 0) is 0 Å². The van der Waals surface area contributed by atoms with Gasteiger partial charge in [-0.3, -0.25) is 0 Å². The van der Waals surface area contributed by atoms with Crippen molar-refractivity contribution >= 4 is 0 Å². The van der Waals surface area contributed by atoms with Gasteiger partial charge in [-0.25, -0.2) is 0 Å². The number of nitrogens with two attached hydrogens (primary N) is 2. The second-order valence-electron chi connectivity index (χ2n) is 0.706. The molecule has 0 aromatic rings. The first kappa shape index (κ1) is 5.41. The molecule has 1 unspecified atom stereocenters. The molecule has 0 saturated heterocycles. The second-order valence-corrected chi connectivity index (χ2v) is 1.44. The number of hydrogen-bond donors (Lipinski definition) is 2. The first-order chi connectivity index (χ1) is 2.27. The molecular weight excluding hydrogens is 111 g/mol. The molecule has 0 aromatic heterocycles. The zero-order valence-electron chi connectivity index (χ0n) is 2.76. The van der Waals surface area contributed by atoms with Crippen LogP contribution in [0.25, 0.3) is 0 Å². The van der Waals surface area contributed by atoms with Crippen molar-refractivity contribution in [3.8, 4) is 0 Å². The van der Waals surface area contributed by atoms with E-state index in [4.69, 9.17) is 11.5 Å². The fourth-order valence-electron chi connectivity index (χ4n) is 0. The normalized spacial score (nSPS) is 15.2. The molecule has 3 heteroatoms. The van der Waals surface area contributed by atoms with E-state index in [2.05, 4.69) is 15.5 Å². The third kappa shape index (κ3) is 4.41. The molecule has 2 nitrogen and oxygen atoms in total. The summed E-state index contributed by atoms with van der Waals surface area (Å²) in [5, 5.41) is -0.213. The zero-order valence-corrected chi connectivity index (χ0v) is 3.74. The average molecular weight is 118 g/mol. The Bertz CT molecular complexity index is 21.6. The van der Waals surface area contributed by atoms with Crippen LogP contribution < -0.4 is 11.5 Å². The minimum absolute atomic E-state index is 0.213. The van der Waals surface area contributed by atoms with Crippen LogP contribution in [0, 0.1) is 0 Å². The van der Waals surface area contributed by atoms with Gasteiger partial charge in [0.05, 0.1) is 0 Å². The van der Waals surface area contributed by atoms with Crippen molar-refractivity contribution in [2.24, 2.45) is 11.5 Å². The molecule has 0 aliphatic heterocycles. The van der Waals surface area contributed by atoms with Crippen LogP contribution >= 0.6 is 0 Å². The quantitative estimate of drug-likeness (QED) is 0.423. The van der Waals surface area contributed by atoms with E-state index >= 15 is 0 Å². The summed E-state index contributed by atoms with van der Waals surface area (Å²) in [7, 11) is 0. The molecule has 0 aliphatic carbocycles. The molecule has 0 aromatic carbocycles. The first-order valence-corrected chi connectivity index (χ1v) is 1.90. The molecule has 0 fully saturated rings. The van der Waals surface area contributed by atoms with Crippen LogP contribution in [0.15, 0.2) is 0 Å². The van der Waals surface area contributed by atoms with E-state index in [1.807, 2.05) is 0 Å². The summed E-state index contributed by atoms with van der Waals surface area (Å²) < 4.78 is 0. The van der Waals surface area contributed by atoms with E-state index in [0.29, 0.717) is 6.54 Å². The maximum atomic E-state index is 5.00. The third-order valence-corrected chi connectivity index (χ3v) is 0.443. The van der Waals surface area contributed by atoms with Crippen molar-refractivity contribution in [1.29, 1.82) is 0 Å². The van der Waals surface area contributed by atoms with Crippen LogP contribution in [0.5, 0.6) is 0 Å². The van der Waals surface area contributed by atoms with Crippen molar-refractivity contribution in [3.05, 3.63) is 0 Å². The van der Waals surface area contributed by atoms with Gasteiger partial charge in [-0.15, -0.1) is 0 Å². The van der Waals surface area contributed by atoms with Crippen molar-refractivity contribution in [2.45, 2.75) is 5.01 Å². The predicted molar refractivity (Wildman–Crippen MR) is 17.0 cm³/mol. The minimum atomic E-state index is -0.213. The van der Waals surface area contributed by atoms with Gasteiger partial charge < -0.3 is 0 Å². The molecule has 0 heterocycles. The molecule has 1 atom stereocenters. The van der Waals surface area contributed by atoms with Crippen LogP contribution in [0.1, 0.15) is 0 Å².